The van der Waals surface area contributed by atoms with Crippen molar-refractivity contribution in [3.05, 3.63) is 48.4 Å². The lowest BCUT2D eigenvalue weighted by Crippen LogP contribution is -2.21. The van der Waals surface area contributed by atoms with Crippen molar-refractivity contribution in [2.24, 2.45) is 5.10 Å². The number of para-hydroxylation sites is 2. The van der Waals surface area contributed by atoms with Gasteiger partial charge in [-0.25, -0.2) is 5.43 Å². The number of hydrazone groups is 1. The fraction of sp³-hybridized carbons (Fsp3) is 0.176. The van der Waals surface area contributed by atoms with E-state index in [0.717, 1.165) is 0 Å². The number of hydrogen-bond donors (Lipinski definition) is 3. The molecule has 1 aromatic heterocycles. The second-order valence-electron chi connectivity index (χ2n) is 5.22. The number of nitrogens with one attached hydrogen (secondary N) is 3. The summed E-state index contributed by atoms with van der Waals surface area (Å²) in [6.45, 7) is 3.00. The first-order valence-electron chi connectivity index (χ1n) is 7.49. The molecule has 0 radical (unpaired) electrons. The number of carbonyl (C=O) groups excluding carboxylic acids is 3. The molecule has 0 spiro atoms. The molecule has 3 N–H and O–H groups in total. The van der Waals surface area contributed by atoms with Gasteiger partial charge in [0.1, 0.15) is 0 Å². The molecule has 0 saturated heterocycles. The molecule has 0 atom stereocenters. The number of nitrogens with zero attached hydrogens (tertiary/aromatic N) is 1. The van der Waals surface area contributed by atoms with Crippen LogP contribution in [0.5, 0.6) is 0 Å². The van der Waals surface area contributed by atoms with E-state index in [1.165, 1.54) is 19.3 Å². The number of rotatable bonds is 6. The normalized spacial score (nSPS) is 10.9. The summed E-state index contributed by atoms with van der Waals surface area (Å²) in [6.07, 6.45) is 1.36. The fourth-order valence-electron chi connectivity index (χ4n) is 1.97. The molecule has 8 nitrogen and oxygen atoms in total. The number of hydrogen-bond acceptors (Lipinski definition) is 5. The van der Waals surface area contributed by atoms with Crippen LogP contribution in [0.15, 0.2) is 52.2 Å². The summed E-state index contributed by atoms with van der Waals surface area (Å²) in [5.74, 6) is -0.933. The molecule has 0 fully saturated rings. The Kier molecular flexibility index (Phi) is 6.05. The molecular weight excluding hydrogens is 324 g/mol. The quantitative estimate of drug-likeness (QED) is 0.552. The van der Waals surface area contributed by atoms with Crippen molar-refractivity contribution in [2.75, 3.05) is 10.6 Å². The van der Waals surface area contributed by atoms with Crippen LogP contribution in [0.1, 0.15) is 30.8 Å². The van der Waals surface area contributed by atoms with Crippen LogP contribution in [-0.4, -0.2) is 23.4 Å². The van der Waals surface area contributed by atoms with Crippen molar-refractivity contribution in [2.45, 2.75) is 20.3 Å². The van der Waals surface area contributed by atoms with Crippen molar-refractivity contribution in [1.82, 2.24) is 5.43 Å². The lowest BCUT2D eigenvalue weighted by atomic mass is 10.2. The van der Waals surface area contributed by atoms with Crippen molar-refractivity contribution in [3.63, 3.8) is 0 Å². The molecule has 0 saturated carbocycles. The molecule has 2 aromatic rings. The predicted octanol–water partition coefficient (Wildman–Crippen LogP) is 2.37. The summed E-state index contributed by atoms with van der Waals surface area (Å²) < 4.78 is 4.94. The summed E-state index contributed by atoms with van der Waals surface area (Å²) in [5.41, 5.74) is 3.71. The summed E-state index contributed by atoms with van der Waals surface area (Å²) in [5, 5.41) is 9.19. The minimum Gasteiger partial charge on any atom is -0.459 e. The highest BCUT2D eigenvalue weighted by Crippen LogP contribution is 2.21. The Labute approximate surface area is 144 Å². The Morgan fingerprint density at radius 3 is 2.28 bits per heavy atom. The number of benzene rings is 1. The van der Waals surface area contributed by atoms with Crippen LogP contribution >= 0.6 is 0 Å². The Morgan fingerprint density at radius 2 is 1.68 bits per heavy atom. The van der Waals surface area contributed by atoms with Crippen LogP contribution in [0.3, 0.4) is 0 Å². The van der Waals surface area contributed by atoms with Crippen molar-refractivity contribution < 1.29 is 18.8 Å². The summed E-state index contributed by atoms with van der Waals surface area (Å²) in [7, 11) is 0. The van der Waals surface area contributed by atoms with Gasteiger partial charge >= 0.3 is 5.91 Å². The van der Waals surface area contributed by atoms with Gasteiger partial charge < -0.3 is 15.1 Å². The molecule has 1 heterocycles. The third kappa shape index (κ3) is 5.61. The van der Waals surface area contributed by atoms with E-state index >= 15 is 0 Å². The van der Waals surface area contributed by atoms with Crippen LogP contribution in [0, 0.1) is 0 Å². The van der Waals surface area contributed by atoms with Gasteiger partial charge in [-0.05, 0) is 31.2 Å². The van der Waals surface area contributed by atoms with E-state index in [1.807, 2.05) is 0 Å². The Morgan fingerprint density at radius 1 is 1.00 bits per heavy atom. The average molecular weight is 342 g/mol. The summed E-state index contributed by atoms with van der Waals surface area (Å²) in [4.78, 5) is 35.0. The molecule has 0 bridgehead atoms. The van der Waals surface area contributed by atoms with Gasteiger partial charge in [0.25, 0.3) is 0 Å². The minimum absolute atomic E-state index is 0.0210. The van der Waals surface area contributed by atoms with Crippen LogP contribution < -0.4 is 16.1 Å². The van der Waals surface area contributed by atoms with E-state index < -0.39 is 5.91 Å². The van der Waals surface area contributed by atoms with Gasteiger partial charge in [0.05, 0.1) is 24.1 Å². The van der Waals surface area contributed by atoms with Crippen LogP contribution in [0.25, 0.3) is 0 Å². The van der Waals surface area contributed by atoms with Crippen LogP contribution in [-0.2, 0) is 9.59 Å². The Balaban J connectivity index is 1.92. The van der Waals surface area contributed by atoms with Gasteiger partial charge in [-0.3, -0.25) is 14.4 Å². The number of carbonyl (C=O) groups is 3. The maximum absolute atomic E-state index is 12.1. The third-order valence-corrected chi connectivity index (χ3v) is 3.02. The van der Waals surface area contributed by atoms with Gasteiger partial charge in [0, 0.05) is 12.6 Å². The number of furan rings is 1. The zero-order valence-corrected chi connectivity index (χ0v) is 13.8. The van der Waals surface area contributed by atoms with Crippen molar-refractivity contribution in [3.8, 4) is 0 Å². The molecule has 1 aromatic carbocycles. The van der Waals surface area contributed by atoms with Crippen molar-refractivity contribution in [1.29, 1.82) is 0 Å². The monoisotopic (exact) mass is 342 g/mol. The standard InChI is InChI=1S/C17H18N4O4/c1-11(20-21-17(24)15-8-5-9-25-15)10-16(23)19-14-7-4-3-6-13(14)18-12(2)22/h3-9H,10H2,1-2H3,(H,18,22)(H,19,23)(H,21,24)/b20-11-. The zero-order valence-electron chi connectivity index (χ0n) is 13.8. The molecule has 8 heteroatoms. The summed E-state index contributed by atoms with van der Waals surface area (Å²) in [6, 6.07) is 9.94. The molecule has 25 heavy (non-hydrogen) atoms. The molecule has 0 aliphatic heterocycles. The van der Waals surface area contributed by atoms with E-state index in [-0.39, 0.29) is 24.0 Å². The third-order valence-electron chi connectivity index (χ3n) is 3.02. The molecule has 0 aliphatic rings. The van der Waals surface area contributed by atoms with E-state index in [4.69, 9.17) is 4.42 Å². The smallest absolute Gasteiger partial charge is 0.307 e. The lowest BCUT2D eigenvalue weighted by Gasteiger charge is -2.11. The molecule has 0 aliphatic carbocycles. The maximum Gasteiger partial charge on any atom is 0.307 e. The highest BCUT2D eigenvalue weighted by molar-refractivity contribution is 6.07. The maximum atomic E-state index is 12.1. The first-order chi connectivity index (χ1) is 12.0. The van der Waals surface area contributed by atoms with Gasteiger partial charge in [0.15, 0.2) is 5.76 Å². The Bertz CT molecular complexity index is 797. The number of amides is 3. The minimum atomic E-state index is -0.499. The molecule has 0 unspecified atom stereocenters. The van der Waals surface area contributed by atoms with Gasteiger partial charge in [-0.2, -0.15) is 5.10 Å². The highest BCUT2D eigenvalue weighted by atomic mass is 16.3. The summed E-state index contributed by atoms with van der Waals surface area (Å²) >= 11 is 0. The molecule has 2 rings (SSSR count). The molecule has 3 amide bonds. The predicted molar refractivity (Wildman–Crippen MR) is 93.3 cm³/mol. The second kappa shape index (κ2) is 8.44. The largest absolute Gasteiger partial charge is 0.459 e. The highest BCUT2D eigenvalue weighted by Gasteiger charge is 2.10. The first-order valence-corrected chi connectivity index (χ1v) is 7.49. The van der Waals surface area contributed by atoms with Gasteiger partial charge in [0.2, 0.25) is 11.8 Å². The van der Waals surface area contributed by atoms with E-state index in [9.17, 15) is 14.4 Å². The van der Waals surface area contributed by atoms with E-state index in [1.54, 1.807) is 37.3 Å². The molecular formula is C17H18N4O4. The topological polar surface area (TPSA) is 113 Å². The van der Waals surface area contributed by atoms with E-state index in [0.29, 0.717) is 17.1 Å². The second-order valence-corrected chi connectivity index (χ2v) is 5.22. The Hall–Kier alpha value is -3.42. The van der Waals surface area contributed by atoms with Gasteiger partial charge in [-0.1, -0.05) is 12.1 Å². The fourth-order valence-corrected chi connectivity index (χ4v) is 1.97. The lowest BCUT2D eigenvalue weighted by molar-refractivity contribution is -0.115. The SMILES string of the molecule is CC(=O)Nc1ccccc1NC(=O)C/C(C)=N\NC(=O)c1ccco1. The van der Waals surface area contributed by atoms with Gasteiger partial charge in [-0.15, -0.1) is 0 Å². The first kappa shape index (κ1) is 17.9. The number of anilines is 2. The molecule has 130 valence electrons. The van der Waals surface area contributed by atoms with Crippen molar-refractivity contribution >= 4 is 34.8 Å². The van der Waals surface area contributed by atoms with Crippen LogP contribution in [0.2, 0.25) is 0 Å². The van der Waals surface area contributed by atoms with Crippen LogP contribution in [0.4, 0.5) is 11.4 Å². The zero-order chi connectivity index (χ0) is 18.2. The van der Waals surface area contributed by atoms with E-state index in [2.05, 4.69) is 21.2 Å². The average Bonchev–Trinajstić information content (AvgIpc) is 3.08.